The molecule has 1 aromatic carbocycles. The molecular weight excluding hydrogens is 215 g/mol. The molecule has 1 aromatic rings. The summed E-state index contributed by atoms with van der Waals surface area (Å²) in [4.78, 5) is 0. The smallest absolute Gasteiger partial charge is 0.123 e. The molecule has 2 atom stereocenters. The molecule has 4 N–H and O–H groups in total. The van der Waals surface area contributed by atoms with Crippen molar-refractivity contribution in [1.29, 1.82) is 0 Å². The molecule has 5 heteroatoms. The van der Waals surface area contributed by atoms with Crippen LogP contribution in [0.1, 0.15) is 23.7 Å². The Morgan fingerprint density at radius 2 is 1.88 bits per heavy atom. The Bertz CT molecular complexity index is 343. The van der Waals surface area contributed by atoms with Crippen molar-refractivity contribution in [3.63, 3.8) is 0 Å². The second-order valence-electron chi connectivity index (χ2n) is 3.53. The lowest BCUT2D eigenvalue weighted by atomic mass is 9.97. The highest BCUT2D eigenvalue weighted by Gasteiger charge is 2.20. The lowest BCUT2D eigenvalue weighted by Gasteiger charge is -2.19. The highest BCUT2D eigenvalue weighted by atomic mass is 19.1. The van der Waals surface area contributed by atoms with E-state index in [1.807, 2.05) is 0 Å². The summed E-state index contributed by atoms with van der Waals surface area (Å²) in [7, 11) is 0. The Hall–Kier alpha value is -1.01. The predicted octanol–water partition coefficient (Wildman–Crippen LogP) is 0.0947. The molecule has 0 aromatic heterocycles. The van der Waals surface area contributed by atoms with E-state index in [1.165, 1.54) is 6.07 Å². The third kappa shape index (κ3) is 2.99. The summed E-state index contributed by atoms with van der Waals surface area (Å²) in [6.07, 6.45) is -2.36. The monoisotopic (exact) mass is 230 g/mol. The molecule has 0 spiro atoms. The lowest BCUT2D eigenvalue weighted by Crippen LogP contribution is -2.20. The van der Waals surface area contributed by atoms with Crippen LogP contribution < -0.4 is 0 Å². The summed E-state index contributed by atoms with van der Waals surface area (Å²) < 4.78 is 12.9. The number of hydrogen-bond donors (Lipinski definition) is 4. The molecule has 0 saturated heterocycles. The van der Waals surface area contributed by atoms with Gasteiger partial charge in [-0.3, -0.25) is 0 Å². The van der Waals surface area contributed by atoms with Gasteiger partial charge in [-0.05, 0) is 29.7 Å². The molecule has 4 nitrogen and oxygen atoms in total. The van der Waals surface area contributed by atoms with Gasteiger partial charge in [0.05, 0.1) is 12.7 Å². The average molecular weight is 230 g/mol. The van der Waals surface area contributed by atoms with E-state index in [4.69, 9.17) is 10.2 Å². The van der Waals surface area contributed by atoms with Gasteiger partial charge in [0.25, 0.3) is 0 Å². The van der Waals surface area contributed by atoms with Crippen LogP contribution in [0.15, 0.2) is 18.2 Å². The topological polar surface area (TPSA) is 80.9 Å². The molecule has 0 aliphatic heterocycles. The quantitative estimate of drug-likeness (QED) is 0.578. The molecule has 0 amide bonds. The second-order valence-corrected chi connectivity index (χ2v) is 3.53. The van der Waals surface area contributed by atoms with Crippen LogP contribution in [-0.4, -0.2) is 33.1 Å². The first kappa shape index (κ1) is 13.1. The normalized spacial score (nSPS) is 14.8. The van der Waals surface area contributed by atoms with Gasteiger partial charge in [-0.1, -0.05) is 6.07 Å². The van der Waals surface area contributed by atoms with Crippen molar-refractivity contribution >= 4 is 0 Å². The Morgan fingerprint density at radius 1 is 1.19 bits per heavy atom. The van der Waals surface area contributed by atoms with Crippen molar-refractivity contribution in [1.82, 2.24) is 0 Å². The minimum Gasteiger partial charge on any atom is -0.396 e. The molecule has 0 aliphatic rings. The fraction of sp³-hybridized carbons (Fsp3) is 0.455. The van der Waals surface area contributed by atoms with Crippen LogP contribution in [0.5, 0.6) is 0 Å². The van der Waals surface area contributed by atoms with Crippen molar-refractivity contribution in [2.75, 3.05) is 6.61 Å². The van der Waals surface area contributed by atoms with Gasteiger partial charge in [0.1, 0.15) is 11.9 Å². The fourth-order valence-corrected chi connectivity index (χ4v) is 1.50. The lowest BCUT2D eigenvalue weighted by molar-refractivity contribution is 0.00320. The molecule has 0 fully saturated rings. The highest BCUT2D eigenvalue weighted by molar-refractivity contribution is 5.29. The van der Waals surface area contributed by atoms with E-state index in [1.54, 1.807) is 0 Å². The zero-order valence-corrected chi connectivity index (χ0v) is 8.67. The molecule has 0 saturated carbocycles. The van der Waals surface area contributed by atoms with Crippen molar-refractivity contribution in [3.8, 4) is 0 Å². The van der Waals surface area contributed by atoms with E-state index >= 15 is 0 Å². The van der Waals surface area contributed by atoms with Crippen LogP contribution >= 0.6 is 0 Å². The Kier molecular flexibility index (Phi) is 4.82. The van der Waals surface area contributed by atoms with Gasteiger partial charge in [0.15, 0.2) is 0 Å². The van der Waals surface area contributed by atoms with Crippen LogP contribution in [0.3, 0.4) is 0 Å². The SMILES string of the molecule is OCCC(O)C(O)c1ccc(F)cc1CO. The van der Waals surface area contributed by atoms with Gasteiger partial charge in [-0.25, -0.2) is 4.39 Å². The van der Waals surface area contributed by atoms with E-state index in [-0.39, 0.29) is 24.2 Å². The summed E-state index contributed by atoms with van der Waals surface area (Å²) in [5, 5.41) is 36.8. The fourth-order valence-electron chi connectivity index (χ4n) is 1.50. The number of aliphatic hydroxyl groups excluding tert-OH is 4. The third-order valence-electron chi connectivity index (χ3n) is 2.38. The Labute approximate surface area is 92.6 Å². The van der Waals surface area contributed by atoms with E-state index in [9.17, 15) is 14.6 Å². The average Bonchev–Trinajstić information content (AvgIpc) is 2.28. The van der Waals surface area contributed by atoms with Crippen molar-refractivity contribution < 1.29 is 24.8 Å². The number of aliphatic hydroxyl groups is 4. The summed E-state index contributed by atoms with van der Waals surface area (Å²) in [6, 6.07) is 3.56. The maximum atomic E-state index is 12.9. The first-order valence-corrected chi connectivity index (χ1v) is 4.96. The zero-order valence-electron chi connectivity index (χ0n) is 8.67. The number of benzene rings is 1. The van der Waals surface area contributed by atoms with Gasteiger partial charge in [0.2, 0.25) is 0 Å². The minimum absolute atomic E-state index is 0.0173. The van der Waals surface area contributed by atoms with Crippen molar-refractivity contribution in [2.45, 2.75) is 25.2 Å². The summed E-state index contributed by atoms with van der Waals surface area (Å²) >= 11 is 0. The largest absolute Gasteiger partial charge is 0.396 e. The molecule has 90 valence electrons. The highest BCUT2D eigenvalue weighted by Crippen LogP contribution is 2.23. The van der Waals surface area contributed by atoms with Crippen molar-refractivity contribution in [2.24, 2.45) is 0 Å². The van der Waals surface area contributed by atoms with Gasteiger partial charge >= 0.3 is 0 Å². The molecule has 0 aliphatic carbocycles. The Morgan fingerprint density at radius 3 is 2.44 bits per heavy atom. The molecule has 16 heavy (non-hydrogen) atoms. The van der Waals surface area contributed by atoms with Crippen LogP contribution in [0, 0.1) is 5.82 Å². The molecule has 0 heterocycles. The summed E-state index contributed by atoms with van der Waals surface area (Å²) in [5.41, 5.74) is 0.495. The predicted molar refractivity (Wildman–Crippen MR) is 55.0 cm³/mol. The maximum absolute atomic E-state index is 12.9. The van der Waals surface area contributed by atoms with Crippen LogP contribution in [0.25, 0.3) is 0 Å². The van der Waals surface area contributed by atoms with Crippen LogP contribution in [0.2, 0.25) is 0 Å². The third-order valence-corrected chi connectivity index (χ3v) is 2.38. The number of rotatable bonds is 5. The van der Waals surface area contributed by atoms with Gasteiger partial charge < -0.3 is 20.4 Å². The first-order valence-electron chi connectivity index (χ1n) is 4.96. The molecule has 2 unspecified atom stereocenters. The summed E-state index contributed by atoms with van der Waals surface area (Å²) in [6.45, 7) is -0.677. The standard InChI is InChI=1S/C11H15FO4/c12-8-1-2-9(7(5-8)6-14)11(16)10(15)3-4-13/h1-2,5,10-11,13-16H,3-4,6H2. The van der Waals surface area contributed by atoms with E-state index in [0.717, 1.165) is 12.1 Å². The van der Waals surface area contributed by atoms with Gasteiger partial charge in [-0.2, -0.15) is 0 Å². The first-order chi connectivity index (χ1) is 7.60. The molecule has 1 rings (SSSR count). The van der Waals surface area contributed by atoms with Gasteiger partial charge in [0, 0.05) is 6.61 Å². The second kappa shape index (κ2) is 5.91. The van der Waals surface area contributed by atoms with E-state index < -0.39 is 24.6 Å². The Balaban J connectivity index is 2.93. The van der Waals surface area contributed by atoms with Crippen LogP contribution in [0.4, 0.5) is 4.39 Å². The zero-order chi connectivity index (χ0) is 12.1. The number of halogens is 1. The maximum Gasteiger partial charge on any atom is 0.123 e. The van der Waals surface area contributed by atoms with Crippen molar-refractivity contribution in [3.05, 3.63) is 35.1 Å². The molecular formula is C11H15FO4. The van der Waals surface area contributed by atoms with Crippen LogP contribution in [-0.2, 0) is 6.61 Å². The number of hydrogen-bond acceptors (Lipinski definition) is 4. The molecule has 0 bridgehead atoms. The molecule has 0 radical (unpaired) electrons. The van der Waals surface area contributed by atoms with Gasteiger partial charge in [-0.15, -0.1) is 0 Å². The minimum atomic E-state index is -1.24. The summed E-state index contributed by atoms with van der Waals surface area (Å²) in [5.74, 6) is -0.517. The van der Waals surface area contributed by atoms with E-state index in [2.05, 4.69) is 0 Å². The van der Waals surface area contributed by atoms with E-state index in [0.29, 0.717) is 0 Å².